The summed E-state index contributed by atoms with van der Waals surface area (Å²) >= 11 is 0. The summed E-state index contributed by atoms with van der Waals surface area (Å²) in [6.45, 7) is 1.86. The molecule has 0 saturated carbocycles. The fourth-order valence-electron chi connectivity index (χ4n) is 4.58. The van der Waals surface area contributed by atoms with E-state index in [0.717, 1.165) is 16.8 Å². The second-order valence-electron chi connectivity index (χ2n) is 8.64. The maximum Gasteiger partial charge on any atom is 0.262 e. The number of ether oxygens (including phenoxy) is 1. The summed E-state index contributed by atoms with van der Waals surface area (Å²) in [6.07, 6.45) is 0. The Morgan fingerprint density at radius 1 is 0.861 bits per heavy atom. The Morgan fingerprint density at radius 3 is 2.03 bits per heavy atom. The van der Waals surface area contributed by atoms with E-state index in [4.69, 9.17) is 9.72 Å². The molecule has 0 aliphatic carbocycles. The van der Waals surface area contributed by atoms with Crippen LogP contribution >= 0.6 is 0 Å². The third-order valence-electron chi connectivity index (χ3n) is 6.46. The Kier molecular flexibility index (Phi) is 6.25. The van der Waals surface area contributed by atoms with E-state index in [2.05, 4.69) is 0 Å². The van der Waals surface area contributed by atoms with E-state index >= 15 is 0 Å². The normalized spacial score (nSPS) is 11.1. The molecule has 36 heavy (non-hydrogen) atoms. The van der Waals surface area contributed by atoms with Crippen LogP contribution in [0.15, 0.2) is 102 Å². The number of aryl methyl sites for hydroxylation is 1. The van der Waals surface area contributed by atoms with Crippen molar-refractivity contribution in [3.63, 3.8) is 0 Å². The first-order valence-corrected chi connectivity index (χ1v) is 11.7. The lowest BCUT2D eigenvalue weighted by molar-refractivity contribution is 0.386. The zero-order valence-electron chi connectivity index (χ0n) is 20.4. The number of fused-ring (bicyclic) bond motifs is 1. The minimum absolute atomic E-state index is 0.133. The molecule has 0 bridgehead atoms. The summed E-state index contributed by atoms with van der Waals surface area (Å²) in [5.74, 6) is 0.362. The van der Waals surface area contributed by atoms with E-state index in [1.807, 2.05) is 97.7 Å². The van der Waals surface area contributed by atoms with Crippen molar-refractivity contribution in [2.45, 2.75) is 13.0 Å². The Hall–Kier alpha value is -4.45. The second kappa shape index (κ2) is 9.66. The van der Waals surface area contributed by atoms with Crippen molar-refractivity contribution in [2.24, 2.45) is 0 Å². The molecule has 1 heterocycles. The van der Waals surface area contributed by atoms with Crippen molar-refractivity contribution in [1.82, 2.24) is 9.55 Å². The first-order chi connectivity index (χ1) is 17.5. The van der Waals surface area contributed by atoms with Gasteiger partial charge in [0.25, 0.3) is 5.56 Å². The van der Waals surface area contributed by atoms with E-state index in [1.54, 1.807) is 16.7 Å². The third-order valence-corrected chi connectivity index (χ3v) is 6.46. The summed E-state index contributed by atoms with van der Waals surface area (Å²) in [5.41, 5.74) is 3.86. The van der Waals surface area contributed by atoms with Crippen molar-refractivity contribution < 1.29 is 9.13 Å². The molecule has 4 aromatic carbocycles. The molecule has 0 amide bonds. The molecule has 180 valence electrons. The van der Waals surface area contributed by atoms with Crippen LogP contribution in [0.2, 0.25) is 0 Å². The number of hydrogen-bond donors (Lipinski definition) is 0. The molecule has 0 saturated heterocycles. The van der Waals surface area contributed by atoms with Gasteiger partial charge < -0.3 is 9.64 Å². The highest BCUT2D eigenvalue weighted by atomic mass is 19.1. The van der Waals surface area contributed by atoms with Crippen LogP contribution in [0.1, 0.15) is 23.0 Å². The summed E-state index contributed by atoms with van der Waals surface area (Å²) < 4.78 is 21.1. The van der Waals surface area contributed by atoms with Gasteiger partial charge in [-0.2, -0.15) is 0 Å². The van der Waals surface area contributed by atoms with E-state index in [1.165, 1.54) is 13.2 Å². The first kappa shape index (κ1) is 23.3. The van der Waals surface area contributed by atoms with Crippen LogP contribution in [-0.4, -0.2) is 23.7 Å². The van der Waals surface area contributed by atoms with Gasteiger partial charge in [-0.25, -0.2) is 9.37 Å². The summed E-state index contributed by atoms with van der Waals surface area (Å²) in [7, 11) is 3.27. The van der Waals surface area contributed by atoms with Gasteiger partial charge >= 0.3 is 0 Å². The van der Waals surface area contributed by atoms with E-state index in [0.29, 0.717) is 22.4 Å². The van der Waals surface area contributed by atoms with Crippen LogP contribution in [0.3, 0.4) is 0 Å². The number of hydrogen-bond acceptors (Lipinski definition) is 4. The molecule has 0 fully saturated rings. The Morgan fingerprint density at radius 2 is 1.44 bits per heavy atom. The number of methoxy groups -OCH3 is 1. The first-order valence-electron chi connectivity index (χ1n) is 11.7. The molecular formula is C30H26FN3O2. The quantitative estimate of drug-likeness (QED) is 0.289. The highest BCUT2D eigenvalue weighted by Crippen LogP contribution is 2.31. The Bertz CT molecular complexity index is 1540. The lowest BCUT2D eigenvalue weighted by Gasteiger charge is -2.24. The molecule has 0 radical (unpaired) electrons. The Balaban J connectivity index is 1.66. The van der Waals surface area contributed by atoms with Gasteiger partial charge in [-0.1, -0.05) is 60.7 Å². The molecule has 0 atom stereocenters. The standard InChI is InChI=1S/C30H26FN3O2/c1-20-32-27-16-14-23(33(2)24-15-17-28(36-3)26(31)19-24)18-25(27)30(35)34(20)29(21-10-6-4-7-11-21)22-12-8-5-9-13-22/h4-19,29H,1-3H3. The number of rotatable bonds is 6. The van der Waals surface area contributed by atoms with Crippen LogP contribution in [0.5, 0.6) is 5.75 Å². The number of benzene rings is 4. The number of halogens is 1. The zero-order valence-corrected chi connectivity index (χ0v) is 20.4. The minimum Gasteiger partial charge on any atom is -0.494 e. The summed E-state index contributed by atoms with van der Waals surface area (Å²) in [5, 5.41) is 0.496. The van der Waals surface area contributed by atoms with Gasteiger partial charge in [0.2, 0.25) is 0 Å². The average Bonchev–Trinajstić information content (AvgIpc) is 2.91. The van der Waals surface area contributed by atoms with Crippen molar-refractivity contribution in [3.8, 4) is 5.75 Å². The van der Waals surface area contributed by atoms with E-state index in [9.17, 15) is 9.18 Å². The van der Waals surface area contributed by atoms with Gasteiger partial charge in [0.05, 0.1) is 24.1 Å². The minimum atomic E-state index is -0.448. The predicted molar refractivity (Wildman–Crippen MR) is 142 cm³/mol. The van der Waals surface area contributed by atoms with E-state index in [-0.39, 0.29) is 17.4 Å². The molecule has 1 aromatic heterocycles. The smallest absolute Gasteiger partial charge is 0.262 e. The predicted octanol–water partition coefficient (Wildman–Crippen LogP) is 6.26. The van der Waals surface area contributed by atoms with Crippen molar-refractivity contribution in [2.75, 3.05) is 19.1 Å². The zero-order chi connectivity index (χ0) is 25.2. The van der Waals surface area contributed by atoms with E-state index < -0.39 is 5.82 Å². The van der Waals surface area contributed by atoms with Crippen molar-refractivity contribution >= 4 is 22.3 Å². The van der Waals surface area contributed by atoms with Crippen LogP contribution in [0, 0.1) is 12.7 Å². The highest BCUT2D eigenvalue weighted by Gasteiger charge is 2.22. The summed E-state index contributed by atoms with van der Waals surface area (Å²) in [4.78, 5) is 20.6. The van der Waals surface area contributed by atoms with Crippen LogP contribution < -0.4 is 15.2 Å². The second-order valence-corrected chi connectivity index (χ2v) is 8.64. The number of aromatic nitrogens is 2. The molecule has 0 spiro atoms. The maximum absolute atomic E-state index is 14.3. The summed E-state index contributed by atoms with van der Waals surface area (Å²) in [6, 6.07) is 29.9. The van der Waals surface area contributed by atoms with Crippen molar-refractivity contribution in [3.05, 3.63) is 130 Å². The molecule has 5 rings (SSSR count). The van der Waals surface area contributed by atoms with Crippen LogP contribution in [0.25, 0.3) is 10.9 Å². The molecule has 0 N–H and O–H groups in total. The van der Waals surface area contributed by atoms with Gasteiger partial charge in [0.1, 0.15) is 5.82 Å². The van der Waals surface area contributed by atoms with Gasteiger partial charge in [-0.3, -0.25) is 9.36 Å². The molecule has 0 aliphatic rings. The van der Waals surface area contributed by atoms with Crippen molar-refractivity contribution in [1.29, 1.82) is 0 Å². The molecular weight excluding hydrogens is 453 g/mol. The highest BCUT2D eigenvalue weighted by molar-refractivity contribution is 5.83. The molecule has 6 heteroatoms. The molecule has 0 aliphatic heterocycles. The molecule has 0 unspecified atom stereocenters. The monoisotopic (exact) mass is 479 g/mol. The topological polar surface area (TPSA) is 47.4 Å². The van der Waals surface area contributed by atoms with Crippen LogP contribution in [0.4, 0.5) is 15.8 Å². The molecule has 5 nitrogen and oxygen atoms in total. The average molecular weight is 480 g/mol. The SMILES string of the molecule is COc1ccc(N(C)c2ccc3nc(C)n(C(c4ccccc4)c4ccccc4)c(=O)c3c2)cc1F. The third kappa shape index (κ3) is 4.22. The fourth-order valence-corrected chi connectivity index (χ4v) is 4.58. The lowest BCUT2D eigenvalue weighted by atomic mass is 9.98. The molecule has 5 aromatic rings. The number of anilines is 2. The number of nitrogens with zero attached hydrogens (tertiary/aromatic N) is 3. The Labute approximate surface area is 209 Å². The lowest BCUT2D eigenvalue weighted by Crippen LogP contribution is -2.29. The van der Waals surface area contributed by atoms with Gasteiger partial charge in [0, 0.05) is 24.5 Å². The van der Waals surface area contributed by atoms with Gasteiger partial charge in [0.15, 0.2) is 11.6 Å². The van der Waals surface area contributed by atoms with Crippen LogP contribution in [-0.2, 0) is 0 Å². The largest absolute Gasteiger partial charge is 0.494 e. The maximum atomic E-state index is 14.3. The van der Waals surface area contributed by atoms with Gasteiger partial charge in [-0.05, 0) is 48.4 Å². The van der Waals surface area contributed by atoms with Gasteiger partial charge in [-0.15, -0.1) is 0 Å². The fraction of sp³-hybridized carbons (Fsp3) is 0.133.